The predicted molar refractivity (Wildman–Crippen MR) is 104 cm³/mol. The Morgan fingerprint density at radius 3 is 2.31 bits per heavy atom. The van der Waals surface area contributed by atoms with Gasteiger partial charge in [-0.1, -0.05) is 12.1 Å². The molecule has 5 heteroatoms. The van der Waals surface area contributed by atoms with Crippen LogP contribution in [-0.2, 0) is 14.1 Å². The first-order valence-electron chi connectivity index (χ1n) is 8.50. The van der Waals surface area contributed by atoms with Crippen LogP contribution in [0, 0.1) is 6.92 Å². The van der Waals surface area contributed by atoms with Gasteiger partial charge in [0.05, 0.1) is 11.0 Å². The number of nitrogens with zero attached hydrogens (tertiary/aromatic N) is 3. The van der Waals surface area contributed by atoms with Gasteiger partial charge in [-0.05, 0) is 55.5 Å². The molecule has 4 aromatic rings. The molecule has 2 heterocycles. The van der Waals surface area contributed by atoms with Crippen molar-refractivity contribution in [2.24, 2.45) is 14.1 Å². The number of rotatable bonds is 3. The molecule has 0 aliphatic rings. The van der Waals surface area contributed by atoms with E-state index in [9.17, 15) is 4.79 Å². The first-order valence-corrected chi connectivity index (χ1v) is 8.50. The second-order valence-electron chi connectivity index (χ2n) is 6.43. The number of carbonyl (C=O) groups is 1. The number of nitrogens with one attached hydrogen (secondary N) is 1. The number of imidazole rings is 1. The van der Waals surface area contributed by atoms with Crippen LogP contribution in [0.3, 0.4) is 0 Å². The van der Waals surface area contributed by atoms with Crippen LogP contribution in [0.25, 0.3) is 22.4 Å². The van der Waals surface area contributed by atoms with Gasteiger partial charge in [-0.25, -0.2) is 4.98 Å². The molecule has 0 spiro atoms. The molecule has 2 aromatic carbocycles. The summed E-state index contributed by atoms with van der Waals surface area (Å²) in [5, 5.41) is 2.95. The quantitative estimate of drug-likeness (QED) is 0.607. The van der Waals surface area contributed by atoms with Crippen molar-refractivity contribution in [3.63, 3.8) is 0 Å². The summed E-state index contributed by atoms with van der Waals surface area (Å²) >= 11 is 0. The van der Waals surface area contributed by atoms with Gasteiger partial charge in [0.1, 0.15) is 11.5 Å². The molecule has 0 saturated carbocycles. The Hall–Kier alpha value is -3.34. The predicted octanol–water partition coefficient (Wildman–Crippen LogP) is 4.14. The number of hydrogen-bond acceptors (Lipinski definition) is 2. The van der Waals surface area contributed by atoms with Gasteiger partial charge < -0.3 is 14.5 Å². The molecule has 0 bridgehead atoms. The number of amides is 1. The Balaban J connectivity index is 1.59. The molecular weight excluding hydrogens is 324 g/mol. The summed E-state index contributed by atoms with van der Waals surface area (Å²) in [6.07, 6.45) is 0. The normalized spacial score (nSPS) is 11.0. The molecule has 5 nitrogen and oxygen atoms in total. The molecule has 0 unspecified atom stereocenters. The number of fused-ring (bicyclic) bond motifs is 1. The number of hydrogen-bond donors (Lipinski definition) is 1. The number of benzene rings is 2. The number of para-hydroxylation sites is 2. The summed E-state index contributed by atoms with van der Waals surface area (Å²) in [6, 6.07) is 19.6. The number of aromatic nitrogens is 3. The van der Waals surface area contributed by atoms with Crippen molar-refractivity contribution in [3.8, 4) is 11.4 Å². The lowest BCUT2D eigenvalue weighted by Gasteiger charge is -2.08. The highest BCUT2D eigenvalue weighted by molar-refractivity contribution is 6.03. The fourth-order valence-corrected chi connectivity index (χ4v) is 3.14. The maximum absolute atomic E-state index is 12.4. The van der Waals surface area contributed by atoms with Crippen LogP contribution in [-0.4, -0.2) is 20.0 Å². The molecule has 0 atom stereocenters. The Bertz CT molecular complexity index is 1100. The van der Waals surface area contributed by atoms with E-state index in [2.05, 4.69) is 16.0 Å². The van der Waals surface area contributed by atoms with Gasteiger partial charge in [0.15, 0.2) is 0 Å². The minimum absolute atomic E-state index is 0.115. The molecule has 0 saturated heterocycles. The first-order chi connectivity index (χ1) is 12.5. The van der Waals surface area contributed by atoms with Crippen molar-refractivity contribution in [2.45, 2.75) is 6.92 Å². The van der Waals surface area contributed by atoms with E-state index in [1.54, 1.807) is 0 Å². The Kier molecular flexibility index (Phi) is 3.84. The van der Waals surface area contributed by atoms with E-state index in [1.807, 2.05) is 80.2 Å². The second kappa shape index (κ2) is 6.19. The van der Waals surface area contributed by atoms with Crippen LogP contribution >= 0.6 is 0 Å². The summed E-state index contributed by atoms with van der Waals surface area (Å²) in [5.74, 6) is 0.790. The fraction of sp³-hybridized carbons (Fsp3) is 0.143. The average molecular weight is 344 g/mol. The van der Waals surface area contributed by atoms with Crippen molar-refractivity contribution in [1.82, 2.24) is 14.1 Å². The van der Waals surface area contributed by atoms with Crippen molar-refractivity contribution in [2.75, 3.05) is 5.32 Å². The molecule has 4 rings (SSSR count). The smallest absolute Gasteiger partial charge is 0.272 e. The second-order valence-corrected chi connectivity index (χ2v) is 6.43. The van der Waals surface area contributed by atoms with Crippen LogP contribution in [0.2, 0.25) is 0 Å². The van der Waals surface area contributed by atoms with Gasteiger partial charge in [-0.15, -0.1) is 0 Å². The Labute approximate surface area is 151 Å². The zero-order chi connectivity index (χ0) is 18.3. The molecular formula is C21H20N4O. The number of aryl methyl sites for hydroxylation is 2. The maximum Gasteiger partial charge on any atom is 0.272 e. The summed E-state index contributed by atoms with van der Waals surface area (Å²) in [6.45, 7) is 1.97. The molecule has 1 N–H and O–H groups in total. The summed E-state index contributed by atoms with van der Waals surface area (Å²) in [5.41, 5.74) is 5.53. The lowest BCUT2D eigenvalue weighted by molar-refractivity contribution is 0.101. The lowest BCUT2D eigenvalue weighted by atomic mass is 10.2. The Morgan fingerprint density at radius 2 is 1.65 bits per heavy atom. The SMILES string of the molecule is Cc1ccc(C(=O)Nc2ccc(-c3nc4ccccc4n3C)cc2)n1C. The zero-order valence-corrected chi connectivity index (χ0v) is 15.0. The van der Waals surface area contributed by atoms with Gasteiger partial charge in [-0.2, -0.15) is 0 Å². The molecule has 2 aromatic heterocycles. The van der Waals surface area contributed by atoms with E-state index in [-0.39, 0.29) is 5.91 Å². The van der Waals surface area contributed by atoms with Crippen molar-refractivity contribution in [3.05, 3.63) is 72.1 Å². The zero-order valence-electron chi connectivity index (χ0n) is 15.0. The standard InChI is InChI=1S/C21H20N4O/c1-14-8-13-19(24(14)2)21(26)22-16-11-9-15(10-12-16)20-23-17-6-4-5-7-18(17)25(20)3/h4-13H,1-3H3,(H,22,26). The first kappa shape index (κ1) is 16.1. The van der Waals surface area contributed by atoms with E-state index >= 15 is 0 Å². The summed E-state index contributed by atoms with van der Waals surface area (Å²) < 4.78 is 3.96. The highest BCUT2D eigenvalue weighted by Gasteiger charge is 2.12. The average Bonchev–Trinajstić information content (AvgIpc) is 3.16. The minimum atomic E-state index is -0.115. The highest BCUT2D eigenvalue weighted by Crippen LogP contribution is 2.25. The van der Waals surface area contributed by atoms with Crippen molar-refractivity contribution in [1.29, 1.82) is 0 Å². The molecule has 26 heavy (non-hydrogen) atoms. The molecule has 0 aliphatic carbocycles. The summed E-state index contributed by atoms with van der Waals surface area (Å²) in [7, 11) is 3.90. The molecule has 0 aliphatic heterocycles. The number of anilines is 1. The maximum atomic E-state index is 12.4. The van der Waals surface area contributed by atoms with Gasteiger partial charge in [0.2, 0.25) is 0 Å². The van der Waals surface area contributed by atoms with Crippen molar-refractivity contribution < 1.29 is 4.79 Å². The molecule has 0 fully saturated rings. The van der Waals surface area contributed by atoms with E-state index in [0.717, 1.165) is 33.8 Å². The third-order valence-electron chi connectivity index (χ3n) is 4.79. The van der Waals surface area contributed by atoms with E-state index in [1.165, 1.54) is 0 Å². The third-order valence-corrected chi connectivity index (χ3v) is 4.79. The van der Waals surface area contributed by atoms with Crippen LogP contribution in [0.4, 0.5) is 5.69 Å². The molecule has 130 valence electrons. The number of carbonyl (C=O) groups excluding carboxylic acids is 1. The van der Waals surface area contributed by atoms with Crippen LogP contribution < -0.4 is 5.32 Å². The monoisotopic (exact) mass is 344 g/mol. The van der Waals surface area contributed by atoms with Gasteiger partial charge >= 0.3 is 0 Å². The van der Waals surface area contributed by atoms with E-state index in [0.29, 0.717) is 5.69 Å². The van der Waals surface area contributed by atoms with Gasteiger partial charge in [0.25, 0.3) is 5.91 Å². The van der Waals surface area contributed by atoms with E-state index < -0.39 is 0 Å². The van der Waals surface area contributed by atoms with Gasteiger partial charge in [0, 0.05) is 31.0 Å². The minimum Gasteiger partial charge on any atom is -0.344 e. The van der Waals surface area contributed by atoms with Crippen LogP contribution in [0.1, 0.15) is 16.2 Å². The molecule has 0 radical (unpaired) electrons. The van der Waals surface area contributed by atoms with Crippen molar-refractivity contribution >= 4 is 22.6 Å². The summed E-state index contributed by atoms with van der Waals surface area (Å²) in [4.78, 5) is 17.1. The third kappa shape index (κ3) is 2.67. The fourth-order valence-electron chi connectivity index (χ4n) is 3.14. The van der Waals surface area contributed by atoms with Crippen LogP contribution in [0.15, 0.2) is 60.7 Å². The largest absolute Gasteiger partial charge is 0.344 e. The van der Waals surface area contributed by atoms with Crippen LogP contribution in [0.5, 0.6) is 0 Å². The highest BCUT2D eigenvalue weighted by atomic mass is 16.1. The van der Waals surface area contributed by atoms with E-state index in [4.69, 9.17) is 4.98 Å². The topological polar surface area (TPSA) is 51.9 Å². The van der Waals surface area contributed by atoms with Gasteiger partial charge in [-0.3, -0.25) is 4.79 Å². The lowest BCUT2D eigenvalue weighted by Crippen LogP contribution is -2.15. The Morgan fingerprint density at radius 1 is 0.923 bits per heavy atom. The molecule has 1 amide bonds.